The Morgan fingerprint density at radius 3 is 2.50 bits per heavy atom. The number of benzene rings is 2. The number of carbonyl (C=O) groups excluding carboxylic acids is 1. The van der Waals surface area contributed by atoms with Crippen molar-refractivity contribution in [2.24, 2.45) is 0 Å². The summed E-state index contributed by atoms with van der Waals surface area (Å²) in [7, 11) is 0. The first-order valence-electron chi connectivity index (χ1n) is 7.56. The van der Waals surface area contributed by atoms with Gasteiger partial charge in [-0.3, -0.25) is 4.79 Å². The van der Waals surface area contributed by atoms with Gasteiger partial charge in [0.25, 0.3) is 0 Å². The van der Waals surface area contributed by atoms with E-state index in [2.05, 4.69) is 37.4 Å². The van der Waals surface area contributed by atoms with Crippen molar-refractivity contribution >= 4 is 17.5 Å². The highest BCUT2D eigenvalue weighted by Crippen LogP contribution is 2.19. The van der Waals surface area contributed by atoms with Gasteiger partial charge in [-0.1, -0.05) is 47.5 Å². The third-order valence-corrected chi connectivity index (χ3v) is 4.08. The number of rotatable bonds is 5. The molecule has 0 spiro atoms. The topological polar surface area (TPSA) is 29.1 Å². The van der Waals surface area contributed by atoms with E-state index in [9.17, 15) is 4.79 Å². The molecular weight excluding hydrogens is 294 g/mol. The Kier molecular flexibility index (Phi) is 5.62. The minimum atomic E-state index is 0.0256. The predicted octanol–water partition coefficient (Wildman–Crippen LogP) is 4.77. The van der Waals surface area contributed by atoms with E-state index < -0.39 is 0 Å². The van der Waals surface area contributed by atoms with E-state index in [1.807, 2.05) is 31.2 Å². The Hall–Kier alpha value is -1.80. The Morgan fingerprint density at radius 1 is 1.14 bits per heavy atom. The smallest absolute Gasteiger partial charge is 0.220 e. The van der Waals surface area contributed by atoms with Crippen LogP contribution in [0.5, 0.6) is 0 Å². The molecule has 2 rings (SSSR count). The number of hydrogen-bond acceptors (Lipinski definition) is 1. The summed E-state index contributed by atoms with van der Waals surface area (Å²) in [5, 5.41) is 3.80. The van der Waals surface area contributed by atoms with Gasteiger partial charge in [0, 0.05) is 11.4 Å². The summed E-state index contributed by atoms with van der Waals surface area (Å²) in [5.41, 5.74) is 4.72. The molecule has 0 fully saturated rings. The van der Waals surface area contributed by atoms with E-state index in [0.717, 1.165) is 17.0 Å². The Labute approximate surface area is 137 Å². The minimum absolute atomic E-state index is 0.0256. The number of amides is 1. The fourth-order valence-electron chi connectivity index (χ4n) is 2.53. The highest BCUT2D eigenvalue weighted by atomic mass is 35.5. The highest BCUT2D eigenvalue weighted by Gasteiger charge is 2.12. The van der Waals surface area contributed by atoms with Crippen molar-refractivity contribution in [2.75, 3.05) is 0 Å². The number of aryl methyl sites for hydroxylation is 3. The molecule has 116 valence electrons. The minimum Gasteiger partial charge on any atom is -0.350 e. The van der Waals surface area contributed by atoms with Crippen molar-refractivity contribution in [2.45, 2.75) is 39.7 Å². The van der Waals surface area contributed by atoms with Gasteiger partial charge in [-0.25, -0.2) is 0 Å². The lowest BCUT2D eigenvalue weighted by molar-refractivity contribution is -0.121. The normalized spacial score (nSPS) is 12.0. The number of hydrogen-bond donors (Lipinski definition) is 1. The van der Waals surface area contributed by atoms with Gasteiger partial charge in [0.05, 0.1) is 6.04 Å². The van der Waals surface area contributed by atoms with Crippen LogP contribution < -0.4 is 5.32 Å². The van der Waals surface area contributed by atoms with Crippen LogP contribution >= 0.6 is 11.6 Å². The van der Waals surface area contributed by atoms with Gasteiger partial charge in [0.15, 0.2) is 0 Å². The maximum Gasteiger partial charge on any atom is 0.220 e. The molecule has 0 saturated heterocycles. The second-order valence-electron chi connectivity index (χ2n) is 5.78. The summed E-state index contributed by atoms with van der Waals surface area (Å²) in [6.07, 6.45) is 1.21. The average molecular weight is 316 g/mol. The molecule has 3 heteroatoms. The lowest BCUT2D eigenvalue weighted by atomic mass is 10.00. The molecule has 1 unspecified atom stereocenters. The van der Waals surface area contributed by atoms with Gasteiger partial charge in [0.2, 0.25) is 5.91 Å². The highest BCUT2D eigenvalue weighted by molar-refractivity contribution is 6.30. The van der Waals surface area contributed by atoms with Crippen LogP contribution in [-0.2, 0) is 11.2 Å². The van der Waals surface area contributed by atoms with Gasteiger partial charge < -0.3 is 5.32 Å². The van der Waals surface area contributed by atoms with E-state index in [-0.39, 0.29) is 11.9 Å². The molecule has 2 nitrogen and oxygen atoms in total. The fraction of sp³-hybridized carbons (Fsp3) is 0.316. The van der Waals surface area contributed by atoms with E-state index in [4.69, 9.17) is 11.6 Å². The molecule has 1 N–H and O–H groups in total. The summed E-state index contributed by atoms with van der Waals surface area (Å²) in [6.45, 7) is 6.17. The molecule has 22 heavy (non-hydrogen) atoms. The van der Waals surface area contributed by atoms with Gasteiger partial charge in [-0.15, -0.1) is 0 Å². The summed E-state index contributed by atoms with van der Waals surface area (Å²) in [6, 6.07) is 14.0. The van der Waals surface area contributed by atoms with Crippen LogP contribution in [0.1, 0.15) is 41.6 Å². The average Bonchev–Trinajstić information content (AvgIpc) is 2.49. The quantitative estimate of drug-likeness (QED) is 0.846. The summed E-state index contributed by atoms with van der Waals surface area (Å²) in [4.78, 5) is 12.1. The van der Waals surface area contributed by atoms with E-state index in [0.29, 0.717) is 6.42 Å². The predicted molar refractivity (Wildman–Crippen MR) is 92.2 cm³/mol. The van der Waals surface area contributed by atoms with Crippen molar-refractivity contribution in [1.29, 1.82) is 0 Å². The number of nitrogens with one attached hydrogen (secondary N) is 1. The third kappa shape index (κ3) is 4.60. The molecule has 0 heterocycles. The summed E-state index contributed by atoms with van der Waals surface area (Å²) >= 11 is 5.86. The molecule has 2 aromatic rings. The molecule has 1 amide bonds. The Balaban J connectivity index is 1.91. The lowest BCUT2D eigenvalue weighted by Gasteiger charge is -2.17. The van der Waals surface area contributed by atoms with Crippen molar-refractivity contribution in [3.8, 4) is 0 Å². The second kappa shape index (κ2) is 7.46. The SMILES string of the molecule is Cc1ccc(C)c(C(C)NC(=O)CCc2ccc(Cl)cc2)c1. The standard InChI is InChI=1S/C19H22ClNO/c1-13-4-5-14(2)18(12-13)15(3)21-19(22)11-8-16-6-9-17(20)10-7-16/h4-7,9-10,12,15H,8,11H2,1-3H3,(H,21,22). The summed E-state index contributed by atoms with van der Waals surface area (Å²) < 4.78 is 0. The van der Waals surface area contributed by atoms with Crippen LogP contribution in [0.4, 0.5) is 0 Å². The van der Waals surface area contributed by atoms with Gasteiger partial charge in [-0.05, 0) is 56.0 Å². The summed E-state index contributed by atoms with van der Waals surface area (Å²) in [5.74, 6) is 0.0726. The van der Waals surface area contributed by atoms with E-state index >= 15 is 0 Å². The molecule has 2 aromatic carbocycles. The van der Waals surface area contributed by atoms with Crippen LogP contribution in [0.15, 0.2) is 42.5 Å². The van der Waals surface area contributed by atoms with E-state index in [1.54, 1.807) is 0 Å². The molecule has 0 radical (unpaired) electrons. The lowest BCUT2D eigenvalue weighted by Crippen LogP contribution is -2.27. The maximum absolute atomic E-state index is 12.1. The molecule has 1 atom stereocenters. The third-order valence-electron chi connectivity index (χ3n) is 3.83. The Bertz CT molecular complexity index is 649. The molecule has 0 aliphatic rings. The van der Waals surface area contributed by atoms with Crippen molar-refractivity contribution in [3.05, 3.63) is 69.7 Å². The van der Waals surface area contributed by atoms with Crippen LogP contribution in [-0.4, -0.2) is 5.91 Å². The van der Waals surface area contributed by atoms with Crippen LogP contribution in [0, 0.1) is 13.8 Å². The first-order valence-corrected chi connectivity index (χ1v) is 7.94. The van der Waals surface area contributed by atoms with Crippen LogP contribution in [0.25, 0.3) is 0 Å². The second-order valence-corrected chi connectivity index (χ2v) is 6.21. The van der Waals surface area contributed by atoms with Gasteiger partial charge >= 0.3 is 0 Å². The van der Waals surface area contributed by atoms with Crippen molar-refractivity contribution in [3.63, 3.8) is 0 Å². The number of carbonyl (C=O) groups is 1. The zero-order valence-electron chi connectivity index (χ0n) is 13.3. The fourth-order valence-corrected chi connectivity index (χ4v) is 2.65. The zero-order chi connectivity index (χ0) is 16.1. The molecule has 0 aromatic heterocycles. The van der Waals surface area contributed by atoms with Gasteiger partial charge in [0.1, 0.15) is 0 Å². The molecule has 0 aliphatic heterocycles. The molecule has 0 bridgehead atoms. The van der Waals surface area contributed by atoms with Crippen molar-refractivity contribution < 1.29 is 4.79 Å². The van der Waals surface area contributed by atoms with Gasteiger partial charge in [-0.2, -0.15) is 0 Å². The van der Waals surface area contributed by atoms with E-state index in [1.165, 1.54) is 16.7 Å². The molecule has 0 saturated carbocycles. The first kappa shape index (κ1) is 16.6. The van der Waals surface area contributed by atoms with Crippen LogP contribution in [0.2, 0.25) is 5.02 Å². The van der Waals surface area contributed by atoms with Crippen LogP contribution in [0.3, 0.4) is 0 Å². The Morgan fingerprint density at radius 2 is 1.82 bits per heavy atom. The first-order chi connectivity index (χ1) is 10.5. The largest absolute Gasteiger partial charge is 0.350 e. The zero-order valence-corrected chi connectivity index (χ0v) is 14.1. The monoisotopic (exact) mass is 315 g/mol. The molecular formula is C19H22ClNO. The molecule has 0 aliphatic carbocycles. The maximum atomic E-state index is 12.1. The number of halogens is 1. The van der Waals surface area contributed by atoms with Crippen molar-refractivity contribution in [1.82, 2.24) is 5.32 Å².